The minimum absolute atomic E-state index is 0.111. The second kappa shape index (κ2) is 3.37. The average Bonchev–Trinajstić information content (AvgIpc) is 1.90. The molecule has 0 saturated heterocycles. The van der Waals surface area contributed by atoms with Gasteiger partial charge < -0.3 is 0 Å². The van der Waals surface area contributed by atoms with Crippen LogP contribution in [0.1, 0.15) is 19.3 Å². The van der Waals surface area contributed by atoms with Crippen molar-refractivity contribution in [3.05, 3.63) is 12.2 Å². The number of allylic oxidation sites excluding steroid dienone is 1. The Hall–Kier alpha value is 0.180. The van der Waals surface area contributed by atoms with Gasteiger partial charge in [0.2, 0.25) is 0 Å². The van der Waals surface area contributed by atoms with Crippen LogP contribution in [0.3, 0.4) is 0 Å². The molecule has 0 saturated carbocycles. The van der Waals surface area contributed by atoms with Crippen LogP contribution in [0.4, 0.5) is 0 Å². The lowest BCUT2D eigenvalue weighted by atomic mass is 10.1. The molecule has 0 spiro atoms. The van der Waals surface area contributed by atoms with Gasteiger partial charge in [-0.3, -0.25) is 0 Å². The van der Waals surface area contributed by atoms with E-state index in [2.05, 4.69) is 6.08 Å². The molecule has 0 heterocycles. The molecule has 1 aliphatic rings. The lowest BCUT2D eigenvalue weighted by Gasteiger charge is -2.10. The molecule has 1 nitrogen and oxygen atoms in total. The molecule has 0 aliphatic heterocycles. The average molecular weight is 165 g/mol. The largest absolute Gasteiger partial charge is 0.242 e. The molecule has 2 atom stereocenters. The highest BCUT2D eigenvalue weighted by Crippen LogP contribution is 2.16. The van der Waals surface area contributed by atoms with Crippen LogP contribution in [-0.2, 0) is 10.0 Å². The highest BCUT2D eigenvalue weighted by Gasteiger charge is 2.12. The molecule has 0 bridgehead atoms. The van der Waals surface area contributed by atoms with E-state index in [1.54, 1.807) is 0 Å². The highest BCUT2D eigenvalue weighted by atomic mass is 35.7. The van der Waals surface area contributed by atoms with Gasteiger partial charge in [0.05, 0.1) is 5.25 Å². The molecule has 0 amide bonds. The Morgan fingerprint density at radius 1 is 1.67 bits per heavy atom. The maximum Gasteiger partial charge on any atom is 0.121 e. The third kappa shape index (κ3) is 2.11. The van der Waals surface area contributed by atoms with Crippen molar-refractivity contribution < 1.29 is 4.21 Å². The minimum atomic E-state index is -1.17. The Kier molecular flexibility index (Phi) is 2.73. The standard InChI is InChI=1S/C6H9ClOS/c7-9(8)6-4-2-1-3-5-6/h2,4,6H,1,3,5H2. The molecule has 3 heteroatoms. The van der Waals surface area contributed by atoms with E-state index in [1.807, 2.05) is 6.08 Å². The molecule has 52 valence electrons. The van der Waals surface area contributed by atoms with Gasteiger partial charge in [-0.25, -0.2) is 4.21 Å². The van der Waals surface area contributed by atoms with Gasteiger partial charge in [-0.05, 0) is 29.9 Å². The minimum Gasteiger partial charge on any atom is -0.242 e. The SMILES string of the molecule is O=S(Cl)C1C=CCCC1. The fraction of sp³-hybridized carbons (Fsp3) is 0.667. The number of rotatable bonds is 1. The molecule has 0 aromatic carbocycles. The Morgan fingerprint density at radius 2 is 2.44 bits per heavy atom. The molecule has 0 radical (unpaired) electrons. The molecular formula is C6H9ClOS. The summed E-state index contributed by atoms with van der Waals surface area (Å²) in [5, 5.41) is 0.111. The summed E-state index contributed by atoms with van der Waals surface area (Å²) in [5.41, 5.74) is 0. The molecule has 0 fully saturated rings. The summed E-state index contributed by atoms with van der Waals surface area (Å²) in [6.07, 6.45) is 7.22. The van der Waals surface area contributed by atoms with Gasteiger partial charge in [0, 0.05) is 0 Å². The molecule has 2 unspecified atom stereocenters. The quantitative estimate of drug-likeness (QED) is 0.428. The Morgan fingerprint density at radius 3 is 2.78 bits per heavy atom. The van der Waals surface area contributed by atoms with Crippen molar-refractivity contribution in [2.45, 2.75) is 24.5 Å². The lowest BCUT2D eigenvalue weighted by Crippen LogP contribution is -2.09. The van der Waals surface area contributed by atoms with Crippen LogP contribution in [0.2, 0.25) is 0 Å². The monoisotopic (exact) mass is 164 g/mol. The van der Waals surface area contributed by atoms with E-state index in [4.69, 9.17) is 10.7 Å². The van der Waals surface area contributed by atoms with E-state index < -0.39 is 10.0 Å². The van der Waals surface area contributed by atoms with Crippen molar-refractivity contribution in [3.63, 3.8) is 0 Å². The zero-order chi connectivity index (χ0) is 6.69. The van der Waals surface area contributed by atoms with Crippen molar-refractivity contribution in [1.29, 1.82) is 0 Å². The van der Waals surface area contributed by atoms with E-state index in [1.165, 1.54) is 0 Å². The van der Waals surface area contributed by atoms with Crippen molar-refractivity contribution in [3.8, 4) is 0 Å². The van der Waals surface area contributed by atoms with Crippen LogP contribution >= 0.6 is 10.7 Å². The second-order valence-corrected chi connectivity index (χ2v) is 4.16. The van der Waals surface area contributed by atoms with E-state index >= 15 is 0 Å². The van der Waals surface area contributed by atoms with Crippen molar-refractivity contribution in [1.82, 2.24) is 0 Å². The van der Waals surface area contributed by atoms with Gasteiger partial charge in [-0.15, -0.1) is 0 Å². The second-order valence-electron chi connectivity index (χ2n) is 2.15. The number of halogens is 1. The van der Waals surface area contributed by atoms with Crippen LogP contribution < -0.4 is 0 Å². The maximum atomic E-state index is 10.6. The fourth-order valence-corrected chi connectivity index (χ4v) is 1.97. The van der Waals surface area contributed by atoms with Crippen molar-refractivity contribution in [2.24, 2.45) is 0 Å². The first-order valence-corrected chi connectivity index (χ1v) is 5.08. The van der Waals surface area contributed by atoms with E-state index in [9.17, 15) is 4.21 Å². The lowest BCUT2D eigenvalue weighted by molar-refractivity contribution is 0.669. The van der Waals surface area contributed by atoms with Gasteiger partial charge in [-0.1, -0.05) is 12.2 Å². The maximum absolute atomic E-state index is 10.6. The Bertz CT molecular complexity index is 144. The predicted octanol–water partition coefficient (Wildman–Crippen LogP) is 2.00. The van der Waals surface area contributed by atoms with Crippen LogP contribution in [-0.4, -0.2) is 9.46 Å². The van der Waals surface area contributed by atoms with Crippen LogP contribution in [0.25, 0.3) is 0 Å². The van der Waals surface area contributed by atoms with Crippen LogP contribution in [0.5, 0.6) is 0 Å². The third-order valence-corrected chi connectivity index (χ3v) is 3.00. The summed E-state index contributed by atoms with van der Waals surface area (Å²) >= 11 is 0. The summed E-state index contributed by atoms with van der Waals surface area (Å²) in [5.74, 6) is 0. The van der Waals surface area contributed by atoms with Crippen molar-refractivity contribution in [2.75, 3.05) is 0 Å². The van der Waals surface area contributed by atoms with E-state index in [0.29, 0.717) is 0 Å². The Balaban J connectivity index is 2.50. The van der Waals surface area contributed by atoms with Gasteiger partial charge >= 0.3 is 0 Å². The summed E-state index contributed by atoms with van der Waals surface area (Å²) in [6, 6.07) is 0. The first kappa shape index (κ1) is 7.29. The van der Waals surface area contributed by atoms with Gasteiger partial charge in [0.25, 0.3) is 0 Å². The van der Waals surface area contributed by atoms with Crippen molar-refractivity contribution >= 4 is 20.7 Å². The summed E-state index contributed by atoms with van der Waals surface area (Å²) < 4.78 is 10.6. The summed E-state index contributed by atoms with van der Waals surface area (Å²) in [4.78, 5) is 0. The first-order valence-electron chi connectivity index (χ1n) is 3.04. The van der Waals surface area contributed by atoms with Gasteiger partial charge in [-0.2, -0.15) is 0 Å². The van der Waals surface area contributed by atoms with Gasteiger partial charge in [0.1, 0.15) is 10.0 Å². The predicted molar refractivity (Wildman–Crippen MR) is 40.8 cm³/mol. The summed E-state index contributed by atoms with van der Waals surface area (Å²) in [6.45, 7) is 0. The fourth-order valence-electron chi connectivity index (χ4n) is 0.936. The van der Waals surface area contributed by atoms with Crippen LogP contribution in [0, 0.1) is 0 Å². The molecule has 1 rings (SSSR count). The smallest absolute Gasteiger partial charge is 0.121 e. The summed E-state index contributed by atoms with van der Waals surface area (Å²) in [7, 11) is 4.21. The zero-order valence-corrected chi connectivity index (χ0v) is 6.62. The van der Waals surface area contributed by atoms with E-state index in [-0.39, 0.29) is 5.25 Å². The number of hydrogen-bond acceptors (Lipinski definition) is 1. The Labute approximate surface area is 62.0 Å². The first-order chi connectivity index (χ1) is 4.30. The molecule has 1 aliphatic carbocycles. The topological polar surface area (TPSA) is 17.1 Å². The number of hydrogen-bond donors (Lipinski definition) is 0. The normalized spacial score (nSPS) is 30.1. The zero-order valence-electron chi connectivity index (χ0n) is 5.05. The molecule has 0 aromatic heterocycles. The molecular weight excluding hydrogens is 156 g/mol. The molecule has 0 aromatic rings. The van der Waals surface area contributed by atoms with E-state index in [0.717, 1.165) is 19.3 Å². The highest BCUT2D eigenvalue weighted by molar-refractivity contribution is 8.08. The van der Waals surface area contributed by atoms with Crippen LogP contribution in [0.15, 0.2) is 12.2 Å². The third-order valence-electron chi connectivity index (χ3n) is 1.45. The van der Waals surface area contributed by atoms with Gasteiger partial charge in [0.15, 0.2) is 0 Å². The molecule has 9 heavy (non-hydrogen) atoms. The molecule has 0 N–H and O–H groups in total.